The molecule has 0 N–H and O–H groups in total. The fraction of sp³-hybridized carbons (Fsp3) is 0.500. The van der Waals surface area contributed by atoms with Crippen molar-refractivity contribution in [1.82, 2.24) is 19.5 Å². The topological polar surface area (TPSA) is 158 Å². The van der Waals surface area contributed by atoms with Crippen LogP contribution in [0.5, 0.6) is 0 Å². The molecule has 0 aromatic carbocycles. The molecule has 1 aliphatic rings. The Labute approximate surface area is 185 Å². The number of carbonyl (C=O) groups excluding carboxylic acids is 4. The van der Waals surface area contributed by atoms with E-state index in [2.05, 4.69) is 15.0 Å². The first kappa shape index (κ1) is 23.3. The number of fused-ring (bicyclic) bond motifs is 1. The molecule has 1 saturated heterocycles. The Morgan fingerprint density at radius 2 is 1.53 bits per heavy atom. The van der Waals surface area contributed by atoms with Gasteiger partial charge >= 0.3 is 23.9 Å². The fourth-order valence-corrected chi connectivity index (χ4v) is 3.51. The van der Waals surface area contributed by atoms with E-state index >= 15 is 0 Å². The monoisotopic (exact) mass is 470 g/mol. The van der Waals surface area contributed by atoms with Gasteiger partial charge in [0.25, 0.3) is 0 Å². The number of nitrogens with zero attached hydrogens (tertiary/aromatic N) is 4. The molecule has 0 amide bonds. The summed E-state index contributed by atoms with van der Waals surface area (Å²) in [5.74, 6) is -3.25. The van der Waals surface area contributed by atoms with Crippen molar-refractivity contribution in [3.8, 4) is 0 Å². The van der Waals surface area contributed by atoms with Crippen molar-refractivity contribution in [1.29, 1.82) is 0 Å². The molecule has 0 saturated carbocycles. The maximum absolute atomic E-state index is 12.5. The van der Waals surface area contributed by atoms with Crippen LogP contribution in [-0.4, -0.2) is 74.9 Å². The standard InChI is InChI=1S/C18H19ClN4O9/c1-7(24)29-11-12(30-8(2)25)14(18(27)28-4)32-17(13(11)31-9(3)26)23-6-22-10-15(19)20-5-21-16(10)23/h5-6,11-14,17H,1-4H3/t11-,12+,13-,14-,17+/m1/s1. The van der Waals surface area contributed by atoms with Gasteiger partial charge < -0.3 is 23.7 Å². The lowest BCUT2D eigenvalue weighted by atomic mass is 9.96. The van der Waals surface area contributed by atoms with Gasteiger partial charge in [0.05, 0.1) is 13.4 Å². The molecule has 5 atom stereocenters. The van der Waals surface area contributed by atoms with Crippen LogP contribution in [-0.2, 0) is 42.9 Å². The van der Waals surface area contributed by atoms with Crippen molar-refractivity contribution < 1.29 is 42.9 Å². The Balaban J connectivity index is 2.18. The molecule has 0 spiro atoms. The highest BCUT2D eigenvalue weighted by atomic mass is 35.5. The van der Waals surface area contributed by atoms with E-state index in [1.165, 1.54) is 17.2 Å². The average Bonchev–Trinajstić information content (AvgIpc) is 3.14. The van der Waals surface area contributed by atoms with Crippen molar-refractivity contribution in [2.75, 3.05) is 7.11 Å². The summed E-state index contributed by atoms with van der Waals surface area (Å²) in [6.45, 7) is 3.32. The van der Waals surface area contributed by atoms with Crippen molar-refractivity contribution in [3.05, 3.63) is 17.8 Å². The van der Waals surface area contributed by atoms with E-state index in [4.69, 9.17) is 35.3 Å². The first-order valence-electron chi connectivity index (χ1n) is 9.22. The number of methoxy groups -OCH3 is 1. The summed E-state index contributed by atoms with van der Waals surface area (Å²) >= 11 is 6.06. The fourth-order valence-electron chi connectivity index (χ4n) is 3.33. The number of imidazole rings is 1. The van der Waals surface area contributed by atoms with E-state index in [-0.39, 0.29) is 16.3 Å². The summed E-state index contributed by atoms with van der Waals surface area (Å²) in [7, 11) is 1.10. The largest absolute Gasteiger partial charge is 0.467 e. The van der Waals surface area contributed by atoms with E-state index in [0.717, 1.165) is 27.9 Å². The number of carbonyl (C=O) groups is 4. The molecule has 0 bridgehead atoms. The smallest absolute Gasteiger partial charge is 0.339 e. The zero-order valence-electron chi connectivity index (χ0n) is 17.4. The van der Waals surface area contributed by atoms with Crippen molar-refractivity contribution in [3.63, 3.8) is 0 Å². The van der Waals surface area contributed by atoms with Gasteiger partial charge in [-0.1, -0.05) is 11.6 Å². The summed E-state index contributed by atoms with van der Waals surface area (Å²) in [6.07, 6.45) is -4.66. The molecule has 3 rings (SSSR count). The van der Waals surface area contributed by atoms with Gasteiger partial charge in [-0.25, -0.2) is 19.7 Å². The number of halogens is 1. The molecule has 2 aromatic heterocycles. The van der Waals surface area contributed by atoms with Gasteiger partial charge in [-0.15, -0.1) is 0 Å². The minimum absolute atomic E-state index is 0.0486. The molecule has 3 heterocycles. The maximum atomic E-state index is 12.5. The van der Waals surface area contributed by atoms with Crippen LogP contribution in [0.25, 0.3) is 11.2 Å². The van der Waals surface area contributed by atoms with E-state index in [1.54, 1.807) is 0 Å². The Morgan fingerprint density at radius 1 is 0.938 bits per heavy atom. The predicted molar refractivity (Wildman–Crippen MR) is 103 cm³/mol. The zero-order valence-corrected chi connectivity index (χ0v) is 18.1. The summed E-state index contributed by atoms with van der Waals surface area (Å²) in [6, 6.07) is 0. The van der Waals surface area contributed by atoms with Crippen LogP contribution in [0.4, 0.5) is 0 Å². The molecule has 0 aliphatic carbocycles. The second-order valence-corrected chi connectivity index (χ2v) is 7.04. The lowest BCUT2D eigenvalue weighted by Crippen LogP contribution is -2.61. The van der Waals surface area contributed by atoms with Crippen LogP contribution < -0.4 is 0 Å². The molecular formula is C18H19ClN4O9. The van der Waals surface area contributed by atoms with E-state index in [1.807, 2.05) is 0 Å². The number of esters is 4. The van der Waals surface area contributed by atoms with Gasteiger partial charge in [-0.3, -0.25) is 19.0 Å². The van der Waals surface area contributed by atoms with Gasteiger partial charge in [0.2, 0.25) is 0 Å². The van der Waals surface area contributed by atoms with Crippen molar-refractivity contribution in [2.24, 2.45) is 0 Å². The lowest BCUT2D eigenvalue weighted by Gasteiger charge is -2.43. The zero-order chi connectivity index (χ0) is 23.6. The summed E-state index contributed by atoms with van der Waals surface area (Å²) < 4.78 is 27.9. The molecule has 2 aromatic rings. The van der Waals surface area contributed by atoms with Crippen LogP contribution in [0.1, 0.15) is 27.0 Å². The van der Waals surface area contributed by atoms with Crippen molar-refractivity contribution >= 4 is 46.6 Å². The highest BCUT2D eigenvalue weighted by Gasteiger charge is 2.55. The first-order valence-corrected chi connectivity index (χ1v) is 9.59. The SMILES string of the molecule is COC(=O)[C@@H]1O[C@H](n2cnc3c(Cl)ncnc32)[C@H](OC(C)=O)[C@H](OC(C)=O)[C@@H]1OC(C)=O. The molecule has 13 nitrogen and oxygen atoms in total. The number of rotatable bonds is 5. The van der Waals surface area contributed by atoms with Gasteiger partial charge in [-0.2, -0.15) is 0 Å². The quantitative estimate of drug-likeness (QED) is 0.335. The molecule has 1 aliphatic heterocycles. The minimum atomic E-state index is -1.54. The second kappa shape index (κ2) is 9.44. The van der Waals surface area contributed by atoms with E-state index in [9.17, 15) is 19.2 Å². The third-order valence-electron chi connectivity index (χ3n) is 4.44. The number of hydrogen-bond donors (Lipinski definition) is 0. The highest BCUT2D eigenvalue weighted by molar-refractivity contribution is 6.33. The van der Waals surface area contributed by atoms with E-state index in [0.29, 0.717) is 0 Å². The van der Waals surface area contributed by atoms with Gasteiger partial charge in [0.1, 0.15) is 11.8 Å². The first-order chi connectivity index (χ1) is 15.1. The van der Waals surface area contributed by atoms with E-state index < -0.39 is 54.5 Å². The lowest BCUT2D eigenvalue weighted by molar-refractivity contribution is -0.262. The Kier molecular flexibility index (Phi) is 6.89. The molecule has 1 fully saturated rings. The van der Waals surface area contributed by atoms with Gasteiger partial charge in [-0.05, 0) is 0 Å². The Morgan fingerprint density at radius 3 is 2.12 bits per heavy atom. The van der Waals surface area contributed by atoms with Crippen LogP contribution in [0.3, 0.4) is 0 Å². The van der Waals surface area contributed by atoms with Crippen LogP contribution in [0, 0.1) is 0 Å². The molecule has 32 heavy (non-hydrogen) atoms. The van der Waals surface area contributed by atoms with Crippen LogP contribution in [0.2, 0.25) is 5.15 Å². The molecule has 0 unspecified atom stereocenters. The number of ether oxygens (including phenoxy) is 5. The third kappa shape index (κ3) is 4.62. The second-order valence-electron chi connectivity index (χ2n) is 6.68. The van der Waals surface area contributed by atoms with Crippen LogP contribution in [0.15, 0.2) is 12.7 Å². The van der Waals surface area contributed by atoms with Gasteiger partial charge in [0.15, 0.2) is 41.4 Å². The Hall–Kier alpha value is -3.32. The predicted octanol–water partition coefficient (Wildman–Crippen LogP) is 0.345. The summed E-state index contributed by atoms with van der Waals surface area (Å²) in [5, 5.41) is 0.0486. The normalized spacial score (nSPS) is 25.1. The molecule has 0 radical (unpaired) electrons. The molecule has 14 heteroatoms. The van der Waals surface area contributed by atoms with Gasteiger partial charge in [0, 0.05) is 20.8 Å². The van der Waals surface area contributed by atoms with Crippen LogP contribution >= 0.6 is 11.6 Å². The Bertz CT molecular complexity index is 1060. The molecular weight excluding hydrogens is 452 g/mol. The maximum Gasteiger partial charge on any atom is 0.339 e. The minimum Gasteiger partial charge on any atom is -0.467 e. The average molecular weight is 471 g/mol. The summed E-state index contributed by atoms with van der Waals surface area (Å²) in [5.41, 5.74) is 0.392. The number of hydrogen-bond acceptors (Lipinski definition) is 12. The van der Waals surface area contributed by atoms with Crippen molar-refractivity contribution in [2.45, 2.75) is 51.4 Å². The summed E-state index contributed by atoms with van der Waals surface area (Å²) in [4.78, 5) is 60.0. The third-order valence-corrected chi connectivity index (χ3v) is 4.72. The molecule has 172 valence electrons. The number of aromatic nitrogens is 4. The highest BCUT2D eigenvalue weighted by Crippen LogP contribution is 2.36.